The van der Waals surface area contributed by atoms with Gasteiger partial charge in [-0.05, 0) is 18.2 Å². The van der Waals surface area contributed by atoms with Crippen molar-refractivity contribution in [2.75, 3.05) is 5.75 Å². The molecule has 0 aliphatic carbocycles. The molecule has 1 aromatic heterocycles. The molecule has 0 saturated carbocycles. The van der Waals surface area contributed by atoms with Crippen LogP contribution in [-0.4, -0.2) is 26.4 Å². The van der Waals surface area contributed by atoms with Crippen molar-refractivity contribution in [2.45, 2.75) is 5.16 Å². The lowest BCUT2D eigenvalue weighted by Gasteiger charge is -2.08. The molecule has 0 radical (unpaired) electrons. The lowest BCUT2D eigenvalue weighted by molar-refractivity contribution is -0.133. The van der Waals surface area contributed by atoms with Crippen LogP contribution in [0.2, 0.25) is 0 Å². The fraction of sp³-hybridized carbons (Fsp3) is 0.0909. The monoisotopic (exact) mass is 330 g/mol. The highest BCUT2D eigenvalue weighted by molar-refractivity contribution is 9.10. The number of rotatable bonds is 4. The number of benzene rings is 1. The predicted molar refractivity (Wildman–Crippen MR) is 69.6 cm³/mol. The Morgan fingerprint density at radius 1 is 1.56 bits per heavy atom. The first-order chi connectivity index (χ1) is 8.58. The Kier molecular flexibility index (Phi) is 4.03. The van der Waals surface area contributed by atoms with Gasteiger partial charge in [-0.15, -0.1) is 0 Å². The summed E-state index contributed by atoms with van der Waals surface area (Å²) in [6, 6.07) is 4.66. The SMILES string of the molecule is O=C(O)CSc1nccn1-c1ccc(Br)cc1F. The van der Waals surface area contributed by atoms with Gasteiger partial charge in [0.15, 0.2) is 5.16 Å². The van der Waals surface area contributed by atoms with E-state index in [-0.39, 0.29) is 5.75 Å². The Bertz CT molecular complexity index is 588. The molecular formula is C11H8BrFN2O2S. The summed E-state index contributed by atoms with van der Waals surface area (Å²) in [7, 11) is 0. The number of carboxylic acids is 1. The molecule has 1 heterocycles. The lowest BCUT2D eigenvalue weighted by Crippen LogP contribution is -2.02. The number of imidazole rings is 1. The number of aromatic nitrogens is 2. The van der Waals surface area contributed by atoms with Crippen LogP contribution in [0.4, 0.5) is 4.39 Å². The number of hydrogen-bond acceptors (Lipinski definition) is 3. The minimum Gasteiger partial charge on any atom is -0.481 e. The van der Waals surface area contributed by atoms with Crippen LogP contribution >= 0.6 is 27.7 Å². The van der Waals surface area contributed by atoms with Crippen LogP contribution in [0, 0.1) is 5.82 Å². The van der Waals surface area contributed by atoms with E-state index >= 15 is 0 Å². The standard InChI is InChI=1S/C11H8BrFN2O2S/c12-7-1-2-9(8(13)5-7)15-4-3-14-11(15)18-6-10(16)17/h1-5H,6H2,(H,16,17). The Morgan fingerprint density at radius 3 is 3.00 bits per heavy atom. The third-order valence-corrected chi connectivity index (χ3v) is 3.55. The molecule has 0 aliphatic heterocycles. The van der Waals surface area contributed by atoms with Crippen LogP contribution in [-0.2, 0) is 4.79 Å². The lowest BCUT2D eigenvalue weighted by atomic mass is 10.3. The van der Waals surface area contributed by atoms with Crippen LogP contribution in [0.25, 0.3) is 5.69 Å². The second-order valence-electron chi connectivity index (χ2n) is 3.36. The second-order valence-corrected chi connectivity index (χ2v) is 5.22. The number of halogens is 2. The van der Waals surface area contributed by atoms with Gasteiger partial charge < -0.3 is 5.11 Å². The van der Waals surface area contributed by atoms with Gasteiger partial charge >= 0.3 is 5.97 Å². The van der Waals surface area contributed by atoms with Crippen LogP contribution in [0.15, 0.2) is 40.2 Å². The van der Waals surface area contributed by atoms with Crippen molar-refractivity contribution in [1.82, 2.24) is 9.55 Å². The van der Waals surface area contributed by atoms with E-state index in [4.69, 9.17) is 5.11 Å². The summed E-state index contributed by atoms with van der Waals surface area (Å²) >= 11 is 4.22. The Balaban J connectivity index is 2.33. The average molecular weight is 331 g/mol. The smallest absolute Gasteiger partial charge is 0.313 e. The molecule has 0 saturated heterocycles. The minimum atomic E-state index is -0.939. The molecule has 2 aromatic rings. The maximum Gasteiger partial charge on any atom is 0.313 e. The van der Waals surface area contributed by atoms with Crippen molar-refractivity contribution in [3.63, 3.8) is 0 Å². The molecule has 0 spiro atoms. The summed E-state index contributed by atoms with van der Waals surface area (Å²) in [6.45, 7) is 0. The molecule has 0 aliphatic rings. The summed E-state index contributed by atoms with van der Waals surface area (Å²) in [5.41, 5.74) is 0.337. The van der Waals surface area contributed by atoms with Gasteiger partial charge in [-0.25, -0.2) is 9.37 Å². The molecule has 2 rings (SSSR count). The molecule has 18 heavy (non-hydrogen) atoms. The third-order valence-electron chi connectivity index (χ3n) is 2.10. The molecule has 0 bridgehead atoms. The van der Waals surface area contributed by atoms with Crippen molar-refractivity contribution >= 4 is 33.7 Å². The molecule has 94 valence electrons. The molecule has 1 aromatic carbocycles. The second kappa shape index (κ2) is 5.53. The molecule has 7 heteroatoms. The predicted octanol–water partition coefficient (Wildman–Crippen LogP) is 2.95. The van der Waals surface area contributed by atoms with E-state index in [2.05, 4.69) is 20.9 Å². The maximum absolute atomic E-state index is 13.8. The molecule has 4 nitrogen and oxygen atoms in total. The first-order valence-electron chi connectivity index (χ1n) is 4.91. The number of carbonyl (C=O) groups is 1. The van der Waals surface area contributed by atoms with Crippen molar-refractivity contribution in [1.29, 1.82) is 0 Å². The van der Waals surface area contributed by atoms with Gasteiger partial charge in [-0.3, -0.25) is 9.36 Å². The number of hydrogen-bond donors (Lipinski definition) is 1. The van der Waals surface area contributed by atoms with E-state index in [1.165, 1.54) is 16.8 Å². The average Bonchev–Trinajstić information content (AvgIpc) is 2.74. The van der Waals surface area contributed by atoms with E-state index < -0.39 is 11.8 Å². The summed E-state index contributed by atoms with van der Waals surface area (Å²) in [6.07, 6.45) is 3.10. The third kappa shape index (κ3) is 2.91. The normalized spacial score (nSPS) is 10.6. The fourth-order valence-electron chi connectivity index (χ4n) is 1.38. The summed E-state index contributed by atoms with van der Waals surface area (Å²) in [4.78, 5) is 14.5. The van der Waals surface area contributed by atoms with Crippen molar-refractivity contribution in [3.8, 4) is 5.69 Å². The molecule has 0 amide bonds. The summed E-state index contributed by atoms with van der Waals surface area (Å²) in [5, 5.41) is 9.07. The Morgan fingerprint density at radius 2 is 2.33 bits per heavy atom. The number of nitrogens with zero attached hydrogens (tertiary/aromatic N) is 2. The van der Waals surface area contributed by atoms with Gasteiger partial charge in [0.1, 0.15) is 5.82 Å². The maximum atomic E-state index is 13.8. The highest BCUT2D eigenvalue weighted by atomic mass is 79.9. The number of carboxylic acid groups (broad SMARTS) is 1. The molecule has 0 unspecified atom stereocenters. The zero-order chi connectivity index (χ0) is 13.1. The van der Waals surface area contributed by atoms with Gasteiger partial charge in [-0.2, -0.15) is 0 Å². The fourth-order valence-corrected chi connectivity index (χ4v) is 2.40. The quantitative estimate of drug-likeness (QED) is 0.875. The highest BCUT2D eigenvalue weighted by Gasteiger charge is 2.11. The van der Waals surface area contributed by atoms with Gasteiger partial charge in [0.2, 0.25) is 0 Å². The van der Waals surface area contributed by atoms with E-state index in [0.29, 0.717) is 15.3 Å². The summed E-state index contributed by atoms with van der Waals surface area (Å²) in [5.74, 6) is -1.46. The Hall–Kier alpha value is -1.34. The zero-order valence-corrected chi connectivity index (χ0v) is 11.4. The van der Waals surface area contributed by atoms with Gasteiger partial charge in [-0.1, -0.05) is 27.7 Å². The largest absolute Gasteiger partial charge is 0.481 e. The van der Waals surface area contributed by atoms with Crippen molar-refractivity contribution in [3.05, 3.63) is 40.9 Å². The zero-order valence-electron chi connectivity index (χ0n) is 9.01. The molecule has 1 N–H and O–H groups in total. The van der Waals surface area contributed by atoms with E-state index in [1.54, 1.807) is 18.3 Å². The van der Waals surface area contributed by atoms with Crippen LogP contribution in [0.1, 0.15) is 0 Å². The molecular weight excluding hydrogens is 323 g/mol. The van der Waals surface area contributed by atoms with Gasteiger partial charge in [0, 0.05) is 16.9 Å². The van der Waals surface area contributed by atoms with Crippen molar-refractivity contribution < 1.29 is 14.3 Å². The van der Waals surface area contributed by atoms with Gasteiger partial charge in [0.05, 0.1) is 11.4 Å². The Labute approximate surface area is 115 Å². The van der Waals surface area contributed by atoms with Crippen molar-refractivity contribution in [2.24, 2.45) is 0 Å². The highest BCUT2D eigenvalue weighted by Crippen LogP contribution is 2.24. The van der Waals surface area contributed by atoms with Crippen LogP contribution in [0.3, 0.4) is 0 Å². The minimum absolute atomic E-state index is 0.116. The van der Waals surface area contributed by atoms with E-state index in [9.17, 15) is 9.18 Å². The van der Waals surface area contributed by atoms with Crippen LogP contribution in [0.5, 0.6) is 0 Å². The number of aliphatic carboxylic acids is 1. The number of thioether (sulfide) groups is 1. The van der Waals surface area contributed by atoms with Gasteiger partial charge in [0.25, 0.3) is 0 Å². The first-order valence-corrected chi connectivity index (χ1v) is 6.69. The van der Waals surface area contributed by atoms with E-state index in [1.807, 2.05) is 0 Å². The van der Waals surface area contributed by atoms with Crippen LogP contribution < -0.4 is 0 Å². The topological polar surface area (TPSA) is 55.1 Å². The summed E-state index contributed by atoms with van der Waals surface area (Å²) < 4.78 is 16.0. The first kappa shape index (κ1) is 13.1. The molecule has 0 fully saturated rings. The van der Waals surface area contributed by atoms with E-state index in [0.717, 1.165) is 11.8 Å². The molecule has 0 atom stereocenters.